The summed E-state index contributed by atoms with van der Waals surface area (Å²) in [7, 11) is 0. The highest BCUT2D eigenvalue weighted by molar-refractivity contribution is 5.40. The van der Waals surface area contributed by atoms with Gasteiger partial charge >= 0.3 is 0 Å². The first kappa shape index (κ1) is 9.46. The van der Waals surface area contributed by atoms with Gasteiger partial charge in [-0.3, -0.25) is 0 Å². The maximum Gasteiger partial charge on any atom is 0.140 e. The highest BCUT2D eigenvalue weighted by Crippen LogP contribution is 2.28. The number of hydrogen-bond acceptors (Lipinski definition) is 1. The van der Waals surface area contributed by atoms with E-state index in [-0.39, 0.29) is 0 Å². The van der Waals surface area contributed by atoms with Crippen LogP contribution in [0, 0.1) is 0 Å². The van der Waals surface area contributed by atoms with Gasteiger partial charge in [-0.25, -0.2) is 4.39 Å². The molecule has 0 bridgehead atoms. The first-order chi connectivity index (χ1) is 5.57. The fraction of sp³-hybridized carbons (Fsp3) is 0.600. The van der Waals surface area contributed by atoms with E-state index in [2.05, 4.69) is 0 Å². The molecule has 2 atom stereocenters. The molecule has 0 heterocycles. The molecule has 2 N–H and O–H groups in total. The topological polar surface area (TPSA) is 26.0 Å². The molecule has 0 saturated heterocycles. The van der Waals surface area contributed by atoms with Crippen LogP contribution in [0.15, 0.2) is 22.8 Å². The highest BCUT2D eigenvalue weighted by atomic mass is 19.1. The van der Waals surface area contributed by atoms with Crippen LogP contribution in [0.5, 0.6) is 0 Å². The Labute approximate surface area is 73.1 Å². The van der Waals surface area contributed by atoms with Gasteiger partial charge in [0.15, 0.2) is 0 Å². The molecule has 2 heteroatoms. The molecular formula is C10H16FN. The lowest BCUT2D eigenvalue weighted by Gasteiger charge is -2.24. The molecule has 68 valence electrons. The van der Waals surface area contributed by atoms with Crippen molar-refractivity contribution >= 4 is 0 Å². The van der Waals surface area contributed by atoms with Crippen LogP contribution in [0.25, 0.3) is 0 Å². The SMILES string of the molecule is CCC1=C(C)C(F)C(N)C=C1C. The molecule has 0 aromatic heterocycles. The standard InChI is InChI=1S/C10H16FN/c1-4-8-6(2)5-9(12)10(11)7(8)3/h5,9-10H,4,12H2,1-3H3. The summed E-state index contributed by atoms with van der Waals surface area (Å²) in [4.78, 5) is 0. The lowest BCUT2D eigenvalue weighted by Crippen LogP contribution is -2.33. The summed E-state index contributed by atoms with van der Waals surface area (Å²) in [6.45, 7) is 5.87. The molecule has 0 aromatic carbocycles. The summed E-state index contributed by atoms with van der Waals surface area (Å²) in [6.07, 6.45) is 1.72. The average Bonchev–Trinajstić information content (AvgIpc) is 2.01. The van der Waals surface area contributed by atoms with Gasteiger partial charge in [-0.1, -0.05) is 18.6 Å². The Balaban J connectivity index is 3.03. The van der Waals surface area contributed by atoms with Crippen LogP contribution in [-0.2, 0) is 0 Å². The number of allylic oxidation sites excluding steroid dienone is 2. The van der Waals surface area contributed by atoms with Gasteiger partial charge in [0, 0.05) is 0 Å². The van der Waals surface area contributed by atoms with E-state index in [0.29, 0.717) is 0 Å². The van der Waals surface area contributed by atoms with Gasteiger partial charge in [0.2, 0.25) is 0 Å². The minimum Gasteiger partial charge on any atom is -0.322 e. The number of halogens is 1. The predicted molar refractivity (Wildman–Crippen MR) is 49.6 cm³/mol. The summed E-state index contributed by atoms with van der Waals surface area (Å²) in [6, 6.07) is -0.444. The second-order valence-corrected chi connectivity index (χ2v) is 3.34. The van der Waals surface area contributed by atoms with Crippen LogP contribution in [0.4, 0.5) is 4.39 Å². The van der Waals surface area contributed by atoms with E-state index in [4.69, 9.17) is 5.73 Å². The van der Waals surface area contributed by atoms with Crippen molar-refractivity contribution in [1.82, 2.24) is 0 Å². The fourth-order valence-electron chi connectivity index (χ4n) is 1.80. The average molecular weight is 169 g/mol. The van der Waals surface area contributed by atoms with Crippen molar-refractivity contribution in [3.05, 3.63) is 22.8 Å². The third-order valence-electron chi connectivity index (χ3n) is 2.50. The fourth-order valence-corrected chi connectivity index (χ4v) is 1.80. The van der Waals surface area contributed by atoms with Crippen molar-refractivity contribution in [2.75, 3.05) is 0 Å². The van der Waals surface area contributed by atoms with E-state index in [1.54, 1.807) is 0 Å². The summed E-state index contributed by atoms with van der Waals surface area (Å²) in [5, 5.41) is 0. The maximum atomic E-state index is 13.4. The summed E-state index contributed by atoms with van der Waals surface area (Å²) in [5.74, 6) is 0. The molecule has 12 heavy (non-hydrogen) atoms. The van der Waals surface area contributed by atoms with Gasteiger partial charge < -0.3 is 5.73 Å². The molecule has 1 aliphatic rings. The van der Waals surface area contributed by atoms with Crippen molar-refractivity contribution in [1.29, 1.82) is 0 Å². The van der Waals surface area contributed by atoms with E-state index >= 15 is 0 Å². The van der Waals surface area contributed by atoms with E-state index in [1.807, 2.05) is 26.8 Å². The molecule has 1 nitrogen and oxygen atoms in total. The number of nitrogens with two attached hydrogens (primary N) is 1. The highest BCUT2D eigenvalue weighted by Gasteiger charge is 2.24. The smallest absolute Gasteiger partial charge is 0.140 e. The van der Waals surface area contributed by atoms with Crippen LogP contribution in [0.2, 0.25) is 0 Å². The Morgan fingerprint density at radius 2 is 2.08 bits per heavy atom. The van der Waals surface area contributed by atoms with Gasteiger partial charge in [-0.15, -0.1) is 0 Å². The molecule has 0 fully saturated rings. The van der Waals surface area contributed by atoms with E-state index in [0.717, 1.165) is 23.1 Å². The zero-order chi connectivity index (χ0) is 9.30. The Kier molecular flexibility index (Phi) is 2.68. The predicted octanol–water partition coefficient (Wildman–Crippen LogP) is 2.34. The first-order valence-electron chi connectivity index (χ1n) is 4.36. The number of hydrogen-bond donors (Lipinski definition) is 1. The zero-order valence-corrected chi connectivity index (χ0v) is 7.89. The van der Waals surface area contributed by atoms with Gasteiger partial charge in [0.1, 0.15) is 6.17 Å². The minimum atomic E-state index is -0.983. The minimum absolute atomic E-state index is 0.444. The Morgan fingerprint density at radius 1 is 1.50 bits per heavy atom. The molecule has 2 unspecified atom stereocenters. The molecule has 0 aliphatic heterocycles. The van der Waals surface area contributed by atoms with Gasteiger partial charge in [0.25, 0.3) is 0 Å². The largest absolute Gasteiger partial charge is 0.322 e. The zero-order valence-electron chi connectivity index (χ0n) is 7.89. The van der Waals surface area contributed by atoms with Crippen molar-refractivity contribution in [2.45, 2.75) is 39.4 Å². The molecular weight excluding hydrogens is 153 g/mol. The molecule has 0 radical (unpaired) electrons. The quantitative estimate of drug-likeness (QED) is 0.640. The Morgan fingerprint density at radius 3 is 2.58 bits per heavy atom. The summed E-state index contributed by atoms with van der Waals surface area (Å²) < 4.78 is 13.4. The third kappa shape index (κ3) is 1.44. The van der Waals surface area contributed by atoms with Crippen LogP contribution in [0.3, 0.4) is 0 Å². The van der Waals surface area contributed by atoms with Crippen molar-refractivity contribution in [3.63, 3.8) is 0 Å². The second kappa shape index (κ2) is 3.40. The van der Waals surface area contributed by atoms with E-state index in [9.17, 15) is 4.39 Å². The van der Waals surface area contributed by atoms with Crippen molar-refractivity contribution < 1.29 is 4.39 Å². The first-order valence-corrected chi connectivity index (χ1v) is 4.36. The van der Waals surface area contributed by atoms with Crippen LogP contribution < -0.4 is 5.73 Å². The molecule has 1 aliphatic carbocycles. The Hall–Kier alpha value is -0.630. The van der Waals surface area contributed by atoms with E-state index < -0.39 is 12.2 Å². The van der Waals surface area contributed by atoms with Gasteiger partial charge in [0.05, 0.1) is 6.04 Å². The van der Waals surface area contributed by atoms with Crippen LogP contribution in [-0.4, -0.2) is 12.2 Å². The summed E-state index contributed by atoms with van der Waals surface area (Å²) in [5.41, 5.74) is 8.67. The van der Waals surface area contributed by atoms with Crippen LogP contribution in [0.1, 0.15) is 27.2 Å². The molecule has 0 saturated carbocycles. The third-order valence-corrected chi connectivity index (χ3v) is 2.50. The monoisotopic (exact) mass is 169 g/mol. The van der Waals surface area contributed by atoms with Crippen molar-refractivity contribution in [3.8, 4) is 0 Å². The lowest BCUT2D eigenvalue weighted by atomic mass is 9.87. The lowest BCUT2D eigenvalue weighted by molar-refractivity contribution is 0.346. The maximum absolute atomic E-state index is 13.4. The van der Waals surface area contributed by atoms with E-state index in [1.165, 1.54) is 0 Å². The summed E-state index contributed by atoms with van der Waals surface area (Å²) >= 11 is 0. The Bertz CT molecular complexity index is 240. The molecule has 0 aromatic rings. The number of alkyl halides is 1. The van der Waals surface area contributed by atoms with Gasteiger partial charge in [-0.2, -0.15) is 0 Å². The van der Waals surface area contributed by atoms with Crippen molar-refractivity contribution in [2.24, 2.45) is 5.73 Å². The van der Waals surface area contributed by atoms with Crippen LogP contribution >= 0.6 is 0 Å². The molecule has 1 rings (SSSR count). The normalized spacial score (nSPS) is 30.6. The second-order valence-electron chi connectivity index (χ2n) is 3.34. The number of rotatable bonds is 1. The molecule has 0 amide bonds. The van der Waals surface area contributed by atoms with Gasteiger partial charge in [-0.05, 0) is 31.4 Å². The molecule has 0 spiro atoms.